The third kappa shape index (κ3) is 3.66. The molecule has 2 rings (SSSR count). The number of aromatic hydroxyl groups is 1. The van der Waals surface area contributed by atoms with E-state index < -0.39 is 5.82 Å². The average Bonchev–Trinajstić information content (AvgIpc) is 2.38. The zero-order chi connectivity index (χ0) is 13.8. The van der Waals surface area contributed by atoms with Crippen molar-refractivity contribution in [2.45, 2.75) is 20.0 Å². The second kappa shape index (κ2) is 5.99. The van der Waals surface area contributed by atoms with Crippen LogP contribution in [-0.2, 0) is 13.1 Å². The summed E-state index contributed by atoms with van der Waals surface area (Å²) in [5.41, 5.74) is 2.31. The molecule has 0 amide bonds. The maximum Gasteiger partial charge on any atom is 0.141 e. The van der Waals surface area contributed by atoms with E-state index in [1.165, 1.54) is 6.07 Å². The van der Waals surface area contributed by atoms with Gasteiger partial charge in [-0.15, -0.1) is 0 Å². The minimum Gasteiger partial charge on any atom is -0.506 e. The zero-order valence-corrected chi connectivity index (χ0v) is 11.2. The molecule has 0 saturated carbocycles. The Balaban J connectivity index is 1.96. The highest BCUT2D eigenvalue weighted by Crippen LogP contribution is 2.17. The minimum absolute atomic E-state index is 0.107. The summed E-state index contributed by atoms with van der Waals surface area (Å²) < 4.78 is 13.0. The number of nitrogens with zero attached hydrogens (tertiary/aromatic N) is 1. The Morgan fingerprint density at radius 2 is 2.05 bits per heavy atom. The van der Waals surface area contributed by atoms with Crippen molar-refractivity contribution in [2.75, 3.05) is 0 Å². The number of hydrogen-bond acceptors (Lipinski definition) is 3. The second-order valence-corrected chi connectivity index (χ2v) is 4.68. The maximum atomic E-state index is 13.0. The number of halogens is 2. The molecule has 0 atom stereocenters. The highest BCUT2D eigenvalue weighted by atomic mass is 35.5. The quantitative estimate of drug-likeness (QED) is 0.904. The van der Waals surface area contributed by atoms with Crippen molar-refractivity contribution in [3.8, 4) is 5.75 Å². The molecule has 19 heavy (non-hydrogen) atoms. The van der Waals surface area contributed by atoms with Gasteiger partial charge >= 0.3 is 0 Å². The van der Waals surface area contributed by atoms with Crippen LogP contribution in [0.1, 0.15) is 17.0 Å². The monoisotopic (exact) mass is 280 g/mol. The van der Waals surface area contributed by atoms with Gasteiger partial charge in [0.2, 0.25) is 0 Å². The molecule has 0 radical (unpaired) electrons. The van der Waals surface area contributed by atoms with Gasteiger partial charge in [-0.2, -0.15) is 0 Å². The number of nitrogens with one attached hydrogen (secondary N) is 1. The van der Waals surface area contributed by atoms with E-state index in [4.69, 9.17) is 11.6 Å². The molecule has 0 saturated heterocycles. The van der Waals surface area contributed by atoms with Crippen LogP contribution in [0.5, 0.6) is 5.75 Å². The summed E-state index contributed by atoms with van der Waals surface area (Å²) in [5, 5.41) is 12.9. The van der Waals surface area contributed by atoms with Crippen molar-refractivity contribution in [1.82, 2.24) is 10.3 Å². The molecule has 1 heterocycles. The van der Waals surface area contributed by atoms with Gasteiger partial charge in [0.25, 0.3) is 0 Å². The van der Waals surface area contributed by atoms with Crippen molar-refractivity contribution < 1.29 is 9.50 Å². The van der Waals surface area contributed by atoms with Gasteiger partial charge in [-0.3, -0.25) is 4.98 Å². The zero-order valence-electron chi connectivity index (χ0n) is 10.5. The predicted octanol–water partition coefficient (Wildman–Crippen LogP) is 3.18. The van der Waals surface area contributed by atoms with Gasteiger partial charge in [0.15, 0.2) is 0 Å². The first-order valence-electron chi connectivity index (χ1n) is 5.86. The smallest absolute Gasteiger partial charge is 0.141 e. The van der Waals surface area contributed by atoms with Crippen molar-refractivity contribution in [1.29, 1.82) is 0 Å². The highest BCUT2D eigenvalue weighted by molar-refractivity contribution is 6.30. The van der Waals surface area contributed by atoms with Crippen molar-refractivity contribution >= 4 is 11.6 Å². The molecule has 0 fully saturated rings. The molecule has 0 aliphatic rings. The van der Waals surface area contributed by atoms with Gasteiger partial charge in [-0.05, 0) is 36.8 Å². The van der Waals surface area contributed by atoms with E-state index in [0.29, 0.717) is 18.8 Å². The molecule has 0 bridgehead atoms. The number of benzene rings is 1. The van der Waals surface area contributed by atoms with Crippen molar-refractivity contribution in [2.24, 2.45) is 0 Å². The Hall–Kier alpha value is -1.65. The molecule has 2 N–H and O–H groups in total. The normalized spacial score (nSPS) is 10.7. The standard InChI is InChI=1S/C14H14ClFN2O/c1-9-2-5-14(19)13(18-9)8-17-7-10-3-4-12(16)11(15)6-10/h2-6,17,19H,7-8H2,1H3. The van der Waals surface area contributed by atoms with Gasteiger partial charge in [0, 0.05) is 18.8 Å². The Labute approximate surface area is 116 Å². The van der Waals surface area contributed by atoms with Gasteiger partial charge in [-0.1, -0.05) is 17.7 Å². The molecule has 1 aromatic carbocycles. The summed E-state index contributed by atoms with van der Waals surface area (Å²) in [7, 11) is 0. The first-order chi connectivity index (χ1) is 9.06. The van der Waals surface area contributed by atoms with Crippen LogP contribution >= 0.6 is 11.6 Å². The van der Waals surface area contributed by atoms with Crippen molar-refractivity contribution in [3.05, 3.63) is 58.1 Å². The molecule has 0 aliphatic heterocycles. The predicted molar refractivity (Wildman–Crippen MR) is 72.6 cm³/mol. The highest BCUT2D eigenvalue weighted by Gasteiger charge is 2.04. The lowest BCUT2D eigenvalue weighted by atomic mass is 10.2. The molecule has 3 nitrogen and oxygen atoms in total. The lowest BCUT2D eigenvalue weighted by Gasteiger charge is -2.07. The minimum atomic E-state index is -0.427. The van der Waals surface area contributed by atoms with Gasteiger partial charge in [-0.25, -0.2) is 4.39 Å². The van der Waals surface area contributed by atoms with E-state index in [2.05, 4.69) is 10.3 Å². The van der Waals surface area contributed by atoms with Crippen molar-refractivity contribution in [3.63, 3.8) is 0 Å². The Bertz CT molecular complexity index is 590. The SMILES string of the molecule is Cc1ccc(O)c(CNCc2ccc(F)c(Cl)c2)n1. The second-order valence-electron chi connectivity index (χ2n) is 4.27. The molecule has 2 aromatic rings. The largest absolute Gasteiger partial charge is 0.506 e. The molecule has 5 heteroatoms. The third-order valence-electron chi connectivity index (χ3n) is 2.69. The molecule has 1 aromatic heterocycles. The average molecular weight is 281 g/mol. The van der Waals surface area contributed by atoms with E-state index in [1.807, 2.05) is 6.92 Å². The summed E-state index contributed by atoms with van der Waals surface area (Å²) in [6.07, 6.45) is 0. The lowest BCUT2D eigenvalue weighted by molar-refractivity contribution is 0.459. The Morgan fingerprint density at radius 1 is 1.26 bits per heavy atom. The maximum absolute atomic E-state index is 13.0. The number of pyridine rings is 1. The molecular weight excluding hydrogens is 267 g/mol. The van der Waals surface area contributed by atoms with Gasteiger partial charge in [0.05, 0.1) is 10.7 Å². The topological polar surface area (TPSA) is 45.1 Å². The molecular formula is C14H14ClFN2O. The van der Waals surface area contributed by atoms with Crippen LogP contribution in [0.3, 0.4) is 0 Å². The fourth-order valence-electron chi connectivity index (χ4n) is 1.71. The first kappa shape index (κ1) is 13.8. The van der Waals surface area contributed by atoms with Crippen LogP contribution in [0.4, 0.5) is 4.39 Å². The Kier molecular flexibility index (Phi) is 4.35. The summed E-state index contributed by atoms with van der Waals surface area (Å²) in [6, 6.07) is 7.94. The van der Waals surface area contributed by atoms with E-state index in [9.17, 15) is 9.50 Å². The molecule has 100 valence electrons. The molecule has 0 spiro atoms. The summed E-state index contributed by atoms with van der Waals surface area (Å²) in [5.74, 6) is -0.265. The fourth-order valence-corrected chi connectivity index (χ4v) is 1.91. The summed E-state index contributed by atoms with van der Waals surface area (Å²) >= 11 is 5.70. The summed E-state index contributed by atoms with van der Waals surface area (Å²) in [4.78, 5) is 4.24. The fraction of sp³-hybridized carbons (Fsp3) is 0.214. The van der Waals surface area contributed by atoms with Gasteiger partial charge < -0.3 is 10.4 Å². The number of aromatic nitrogens is 1. The van der Waals surface area contributed by atoms with E-state index >= 15 is 0 Å². The van der Waals surface area contributed by atoms with Crippen LogP contribution in [0.25, 0.3) is 0 Å². The van der Waals surface area contributed by atoms with E-state index in [-0.39, 0.29) is 10.8 Å². The van der Waals surface area contributed by atoms with E-state index in [0.717, 1.165) is 11.3 Å². The third-order valence-corrected chi connectivity index (χ3v) is 2.98. The van der Waals surface area contributed by atoms with Crippen LogP contribution in [0, 0.1) is 12.7 Å². The first-order valence-corrected chi connectivity index (χ1v) is 6.24. The van der Waals surface area contributed by atoms with Crippen LogP contribution < -0.4 is 5.32 Å². The molecule has 0 unspecified atom stereocenters. The van der Waals surface area contributed by atoms with Crippen LogP contribution in [-0.4, -0.2) is 10.1 Å². The van der Waals surface area contributed by atoms with Crippen LogP contribution in [0.2, 0.25) is 5.02 Å². The van der Waals surface area contributed by atoms with Crippen LogP contribution in [0.15, 0.2) is 30.3 Å². The number of rotatable bonds is 4. The number of aryl methyl sites for hydroxylation is 1. The Morgan fingerprint density at radius 3 is 2.79 bits per heavy atom. The van der Waals surface area contributed by atoms with Gasteiger partial charge in [0.1, 0.15) is 11.6 Å². The lowest BCUT2D eigenvalue weighted by Crippen LogP contribution is -2.14. The number of hydrogen-bond donors (Lipinski definition) is 2. The molecule has 0 aliphatic carbocycles. The summed E-state index contributed by atoms with van der Waals surface area (Å²) in [6.45, 7) is 2.82. The van der Waals surface area contributed by atoms with E-state index in [1.54, 1.807) is 24.3 Å².